The molecule has 6 heteroatoms. The number of aromatic nitrogens is 2. The number of aryl methyl sites for hydroxylation is 2. The van der Waals surface area contributed by atoms with E-state index in [0.29, 0.717) is 36.9 Å². The van der Waals surface area contributed by atoms with Crippen LogP contribution in [0.2, 0.25) is 0 Å². The fraction of sp³-hybridized carbons (Fsp3) is 0.571. The maximum atomic E-state index is 12.6. The van der Waals surface area contributed by atoms with Gasteiger partial charge in [-0.15, -0.1) is 0 Å². The monoisotopic (exact) mass is 370 g/mol. The zero-order valence-electron chi connectivity index (χ0n) is 16.6. The Kier molecular flexibility index (Phi) is 6.26. The first kappa shape index (κ1) is 19.5. The van der Waals surface area contributed by atoms with Crippen molar-refractivity contribution in [3.63, 3.8) is 0 Å². The Balaban J connectivity index is 1.53. The number of rotatable bonds is 6. The highest BCUT2D eigenvalue weighted by Crippen LogP contribution is 2.17. The van der Waals surface area contributed by atoms with Crippen LogP contribution in [0.5, 0.6) is 0 Å². The van der Waals surface area contributed by atoms with Crippen LogP contribution in [0.15, 0.2) is 29.3 Å². The van der Waals surface area contributed by atoms with Crippen molar-refractivity contribution in [1.29, 1.82) is 0 Å². The number of carbonyl (C=O) groups excluding carboxylic acids is 1. The van der Waals surface area contributed by atoms with E-state index in [9.17, 15) is 9.59 Å². The largest absolute Gasteiger partial charge is 0.356 e. The quantitative estimate of drug-likeness (QED) is 0.847. The zero-order chi connectivity index (χ0) is 19.4. The highest BCUT2D eigenvalue weighted by atomic mass is 16.1. The van der Waals surface area contributed by atoms with Gasteiger partial charge >= 0.3 is 0 Å². The maximum Gasteiger partial charge on any atom is 0.261 e. The molecule has 0 unspecified atom stereocenters. The molecule has 2 aromatic rings. The molecule has 3 rings (SSSR count). The lowest BCUT2D eigenvalue weighted by Gasteiger charge is -2.35. The summed E-state index contributed by atoms with van der Waals surface area (Å²) in [6.07, 6.45) is 4.19. The molecule has 1 atom stereocenters. The zero-order valence-corrected chi connectivity index (χ0v) is 16.6. The predicted molar refractivity (Wildman–Crippen MR) is 108 cm³/mol. The predicted octanol–water partition coefficient (Wildman–Crippen LogP) is 2.33. The Morgan fingerprint density at radius 2 is 2.19 bits per heavy atom. The van der Waals surface area contributed by atoms with Crippen molar-refractivity contribution < 1.29 is 4.79 Å². The highest BCUT2D eigenvalue weighted by Gasteiger charge is 2.21. The summed E-state index contributed by atoms with van der Waals surface area (Å²) in [5, 5.41) is 3.65. The summed E-state index contributed by atoms with van der Waals surface area (Å²) >= 11 is 0. The van der Waals surface area contributed by atoms with Crippen LogP contribution in [0.25, 0.3) is 10.9 Å². The lowest BCUT2D eigenvalue weighted by molar-refractivity contribution is -0.121. The van der Waals surface area contributed by atoms with Crippen molar-refractivity contribution in [3.05, 3.63) is 40.4 Å². The van der Waals surface area contributed by atoms with Gasteiger partial charge in [0.1, 0.15) is 0 Å². The van der Waals surface area contributed by atoms with Crippen LogP contribution in [0.3, 0.4) is 0 Å². The molecule has 1 N–H and O–H groups in total. The van der Waals surface area contributed by atoms with Gasteiger partial charge in [0.25, 0.3) is 5.56 Å². The van der Waals surface area contributed by atoms with Crippen LogP contribution in [0.4, 0.5) is 0 Å². The van der Waals surface area contributed by atoms with Crippen molar-refractivity contribution in [2.75, 3.05) is 19.6 Å². The normalized spacial score (nSPS) is 18.1. The molecule has 27 heavy (non-hydrogen) atoms. The first-order valence-electron chi connectivity index (χ1n) is 9.91. The number of carbonyl (C=O) groups is 1. The third-order valence-corrected chi connectivity index (χ3v) is 5.50. The van der Waals surface area contributed by atoms with Crippen molar-refractivity contribution in [3.8, 4) is 0 Å². The molecule has 0 spiro atoms. The van der Waals surface area contributed by atoms with E-state index in [2.05, 4.69) is 29.0 Å². The van der Waals surface area contributed by atoms with E-state index in [0.717, 1.165) is 30.6 Å². The summed E-state index contributed by atoms with van der Waals surface area (Å²) in [6, 6.07) is 6.15. The van der Waals surface area contributed by atoms with Gasteiger partial charge in [-0.3, -0.25) is 14.2 Å². The topological polar surface area (TPSA) is 67.2 Å². The van der Waals surface area contributed by atoms with Crippen molar-refractivity contribution in [2.24, 2.45) is 5.92 Å². The van der Waals surface area contributed by atoms with E-state index >= 15 is 0 Å². The van der Waals surface area contributed by atoms with Gasteiger partial charge in [0.15, 0.2) is 0 Å². The van der Waals surface area contributed by atoms with Gasteiger partial charge in [0.2, 0.25) is 5.91 Å². The third-order valence-electron chi connectivity index (χ3n) is 5.50. The van der Waals surface area contributed by atoms with Gasteiger partial charge < -0.3 is 10.2 Å². The smallest absolute Gasteiger partial charge is 0.261 e. The molecule has 1 aromatic carbocycles. The number of hydrogen-bond acceptors (Lipinski definition) is 4. The van der Waals surface area contributed by atoms with E-state index in [1.807, 2.05) is 19.1 Å². The molecular weight excluding hydrogens is 340 g/mol. The minimum atomic E-state index is -0.0867. The molecule has 1 amide bonds. The number of likely N-dealkylation sites (tertiary alicyclic amines) is 1. The SMILES string of the molecule is Cc1cccc2c(=O)n(CCC(=O)NC[C@@H]3CCCN(C(C)C)C3)cnc12. The molecule has 0 bridgehead atoms. The first-order valence-corrected chi connectivity index (χ1v) is 9.91. The average Bonchev–Trinajstić information content (AvgIpc) is 2.66. The molecule has 146 valence electrons. The molecule has 1 aliphatic rings. The number of para-hydroxylation sites is 1. The van der Waals surface area contributed by atoms with Crippen LogP contribution >= 0.6 is 0 Å². The van der Waals surface area contributed by atoms with Crippen LogP contribution in [0, 0.1) is 12.8 Å². The summed E-state index contributed by atoms with van der Waals surface area (Å²) < 4.78 is 1.53. The molecule has 1 saturated heterocycles. The minimum absolute atomic E-state index is 0.00657. The van der Waals surface area contributed by atoms with Gasteiger partial charge in [-0.05, 0) is 57.7 Å². The summed E-state index contributed by atoms with van der Waals surface area (Å²) in [5.74, 6) is 0.506. The summed E-state index contributed by atoms with van der Waals surface area (Å²) in [6.45, 7) is 9.65. The summed E-state index contributed by atoms with van der Waals surface area (Å²) in [5.41, 5.74) is 1.63. The Labute approximate surface area is 160 Å². The number of amides is 1. The number of piperidine rings is 1. The van der Waals surface area contributed by atoms with Gasteiger partial charge in [-0.1, -0.05) is 12.1 Å². The van der Waals surface area contributed by atoms with Gasteiger partial charge in [0.05, 0.1) is 17.2 Å². The number of nitrogens with zero attached hydrogens (tertiary/aromatic N) is 3. The number of fused-ring (bicyclic) bond motifs is 1. The molecule has 1 fully saturated rings. The van der Waals surface area contributed by atoms with Crippen LogP contribution in [-0.4, -0.2) is 46.0 Å². The van der Waals surface area contributed by atoms with E-state index in [1.54, 1.807) is 12.4 Å². The molecule has 0 aliphatic carbocycles. The van der Waals surface area contributed by atoms with Crippen LogP contribution < -0.4 is 10.9 Å². The van der Waals surface area contributed by atoms with E-state index in [-0.39, 0.29) is 11.5 Å². The number of hydrogen-bond donors (Lipinski definition) is 1. The Morgan fingerprint density at radius 3 is 2.96 bits per heavy atom. The van der Waals surface area contributed by atoms with Gasteiger partial charge in [-0.25, -0.2) is 4.98 Å². The maximum absolute atomic E-state index is 12.6. The third kappa shape index (κ3) is 4.75. The molecule has 1 aromatic heterocycles. The second-order valence-corrected chi connectivity index (χ2v) is 7.87. The highest BCUT2D eigenvalue weighted by molar-refractivity contribution is 5.80. The standard InChI is InChI=1S/C21H30N4O2/c1-15(2)24-10-5-7-17(13-24)12-22-19(26)9-11-25-14-23-20-16(3)6-4-8-18(20)21(25)27/h4,6,8,14-15,17H,5,7,9-13H2,1-3H3,(H,22,26)/t17-/m0/s1. The number of benzene rings is 1. The molecule has 1 aliphatic heterocycles. The molecular formula is C21H30N4O2. The van der Waals surface area contributed by atoms with Gasteiger partial charge in [0, 0.05) is 32.1 Å². The van der Waals surface area contributed by atoms with Crippen molar-refractivity contribution in [1.82, 2.24) is 19.8 Å². The Bertz CT molecular complexity index is 859. The molecule has 0 radical (unpaired) electrons. The summed E-state index contributed by atoms with van der Waals surface area (Å²) in [7, 11) is 0. The van der Waals surface area contributed by atoms with E-state index in [1.165, 1.54) is 11.0 Å². The number of nitrogens with one attached hydrogen (secondary N) is 1. The second-order valence-electron chi connectivity index (χ2n) is 7.87. The molecule has 0 saturated carbocycles. The van der Waals surface area contributed by atoms with Crippen LogP contribution in [0.1, 0.15) is 38.7 Å². The van der Waals surface area contributed by atoms with E-state index < -0.39 is 0 Å². The Hall–Kier alpha value is -2.21. The van der Waals surface area contributed by atoms with Gasteiger partial charge in [-0.2, -0.15) is 0 Å². The minimum Gasteiger partial charge on any atom is -0.356 e. The second kappa shape index (κ2) is 8.65. The summed E-state index contributed by atoms with van der Waals surface area (Å²) in [4.78, 5) is 31.7. The fourth-order valence-corrected chi connectivity index (χ4v) is 3.80. The lowest BCUT2D eigenvalue weighted by Crippen LogP contribution is -2.43. The lowest BCUT2D eigenvalue weighted by atomic mass is 9.97. The fourth-order valence-electron chi connectivity index (χ4n) is 3.80. The van der Waals surface area contributed by atoms with Crippen LogP contribution in [-0.2, 0) is 11.3 Å². The van der Waals surface area contributed by atoms with E-state index in [4.69, 9.17) is 0 Å². The Morgan fingerprint density at radius 1 is 1.37 bits per heavy atom. The molecule has 6 nitrogen and oxygen atoms in total. The van der Waals surface area contributed by atoms with Crippen molar-refractivity contribution >= 4 is 16.8 Å². The first-order chi connectivity index (χ1) is 13.0. The molecule has 2 heterocycles. The van der Waals surface area contributed by atoms with Crippen molar-refractivity contribution in [2.45, 2.75) is 52.6 Å². The average molecular weight is 370 g/mol.